The zero-order chi connectivity index (χ0) is 26.4. The lowest BCUT2D eigenvalue weighted by Crippen LogP contribution is -2.32. The second-order valence-corrected chi connectivity index (χ2v) is 8.44. The zero-order valence-electron chi connectivity index (χ0n) is 19.3. The number of nitrogens with one attached hydrogen (secondary N) is 2. The number of methoxy groups -OCH3 is 1. The molecule has 0 aliphatic rings. The maximum absolute atomic E-state index is 12.8. The molecule has 0 heterocycles. The van der Waals surface area contributed by atoms with Gasteiger partial charge in [0.25, 0.3) is 0 Å². The largest absolute Gasteiger partial charge is 0.497 e. The van der Waals surface area contributed by atoms with Crippen molar-refractivity contribution in [2.75, 3.05) is 12.4 Å². The molecule has 0 saturated carbocycles. The molecule has 0 bridgehead atoms. The molecule has 8 nitrogen and oxygen atoms in total. The molecule has 0 unspecified atom stereocenters. The summed E-state index contributed by atoms with van der Waals surface area (Å²) in [5.41, 5.74) is 3.10. The molecule has 2 N–H and O–H groups in total. The first-order chi connectivity index (χ1) is 17.9. The van der Waals surface area contributed by atoms with Gasteiger partial charge in [0.05, 0.1) is 23.9 Å². The molecular weight excluding hydrogens is 517 g/mol. The van der Waals surface area contributed by atoms with Gasteiger partial charge in [-0.15, -0.1) is 0 Å². The molecule has 4 aromatic rings. The first-order valence-corrected chi connectivity index (χ1v) is 11.6. The molecule has 0 atom stereocenters. The van der Waals surface area contributed by atoms with Crippen LogP contribution >= 0.6 is 23.2 Å². The number of amides is 2. The number of carbonyl (C=O) groups excluding carboxylic acids is 3. The summed E-state index contributed by atoms with van der Waals surface area (Å²) in [7, 11) is 1.49. The van der Waals surface area contributed by atoms with Gasteiger partial charge in [-0.05, 0) is 47.2 Å². The van der Waals surface area contributed by atoms with E-state index in [-0.39, 0.29) is 16.3 Å². The fourth-order valence-electron chi connectivity index (χ4n) is 3.40. The summed E-state index contributed by atoms with van der Waals surface area (Å²) in [6, 6.07) is 21.7. The van der Waals surface area contributed by atoms with Crippen molar-refractivity contribution < 1.29 is 23.9 Å². The van der Waals surface area contributed by atoms with Crippen molar-refractivity contribution in [2.45, 2.75) is 0 Å². The average Bonchev–Trinajstić information content (AvgIpc) is 2.89. The van der Waals surface area contributed by atoms with Crippen LogP contribution in [0.3, 0.4) is 0 Å². The van der Waals surface area contributed by atoms with Crippen LogP contribution in [0.25, 0.3) is 10.8 Å². The highest BCUT2D eigenvalue weighted by Crippen LogP contribution is 2.29. The molecule has 0 saturated heterocycles. The van der Waals surface area contributed by atoms with Gasteiger partial charge in [0.1, 0.15) is 11.5 Å². The van der Waals surface area contributed by atoms with E-state index in [9.17, 15) is 14.4 Å². The number of nitrogens with zero attached hydrogens (tertiary/aromatic N) is 1. The smallest absolute Gasteiger partial charge is 0.345 e. The van der Waals surface area contributed by atoms with Gasteiger partial charge in [-0.25, -0.2) is 10.2 Å². The van der Waals surface area contributed by atoms with Gasteiger partial charge in [-0.2, -0.15) is 5.10 Å². The van der Waals surface area contributed by atoms with Gasteiger partial charge in [0.2, 0.25) is 0 Å². The second-order valence-electron chi connectivity index (χ2n) is 7.60. The third-order valence-corrected chi connectivity index (χ3v) is 5.73. The summed E-state index contributed by atoms with van der Waals surface area (Å²) >= 11 is 12.1. The Bertz CT molecular complexity index is 1540. The topological polar surface area (TPSA) is 106 Å². The predicted molar refractivity (Wildman–Crippen MR) is 143 cm³/mol. The standard InChI is InChI=1S/C27H19Cl2N3O5/c1-36-19-7-4-6-18(14-19)31-25(33)26(34)32-30-15-22-20-8-3-2-5-16(20)9-12-24(22)37-27(35)21-11-10-17(28)13-23(21)29/h2-15H,1H3,(H,31,33)(H,32,34)/b30-15-. The van der Waals surface area contributed by atoms with E-state index in [1.165, 1.54) is 31.5 Å². The minimum absolute atomic E-state index is 0.129. The van der Waals surface area contributed by atoms with Crippen LogP contribution in [0.15, 0.2) is 84.0 Å². The fourth-order valence-corrected chi connectivity index (χ4v) is 3.89. The quantitative estimate of drug-likeness (QED) is 0.112. The molecule has 4 aromatic carbocycles. The summed E-state index contributed by atoms with van der Waals surface area (Å²) in [5, 5.41) is 8.44. The summed E-state index contributed by atoms with van der Waals surface area (Å²) in [6.45, 7) is 0. The van der Waals surface area contributed by atoms with Crippen molar-refractivity contribution in [1.29, 1.82) is 0 Å². The number of fused-ring (bicyclic) bond motifs is 1. The van der Waals surface area contributed by atoms with E-state index in [1.807, 2.05) is 18.2 Å². The number of halogens is 2. The number of benzene rings is 4. The van der Waals surface area contributed by atoms with E-state index in [4.69, 9.17) is 32.7 Å². The predicted octanol–water partition coefficient (Wildman–Crippen LogP) is 5.46. The molecule has 0 aliphatic carbocycles. The van der Waals surface area contributed by atoms with Gasteiger partial charge in [-0.1, -0.05) is 59.6 Å². The molecule has 0 aliphatic heterocycles. The Balaban J connectivity index is 1.54. The third-order valence-electron chi connectivity index (χ3n) is 5.18. The third kappa shape index (κ3) is 6.24. The normalized spacial score (nSPS) is 10.8. The van der Waals surface area contributed by atoms with Crippen LogP contribution in [0.1, 0.15) is 15.9 Å². The number of hydrogen-bond donors (Lipinski definition) is 2. The van der Waals surface area contributed by atoms with Gasteiger partial charge in [-0.3, -0.25) is 9.59 Å². The monoisotopic (exact) mass is 535 g/mol. The molecule has 10 heteroatoms. The van der Waals surface area contributed by atoms with Gasteiger partial charge in [0, 0.05) is 22.3 Å². The van der Waals surface area contributed by atoms with Crippen LogP contribution in [0.4, 0.5) is 5.69 Å². The highest BCUT2D eigenvalue weighted by Gasteiger charge is 2.17. The highest BCUT2D eigenvalue weighted by atomic mass is 35.5. The van der Waals surface area contributed by atoms with Crippen LogP contribution in [0.2, 0.25) is 10.0 Å². The molecule has 0 fully saturated rings. The summed E-state index contributed by atoms with van der Waals surface area (Å²) in [6.07, 6.45) is 1.30. The molecule has 2 amide bonds. The fraction of sp³-hybridized carbons (Fsp3) is 0.0370. The molecular formula is C27H19Cl2N3O5. The first-order valence-electron chi connectivity index (χ1n) is 10.8. The Kier molecular flexibility index (Phi) is 8.02. The molecule has 0 spiro atoms. The van der Waals surface area contributed by atoms with Crippen molar-refractivity contribution >= 4 is 63.7 Å². The highest BCUT2D eigenvalue weighted by molar-refractivity contribution is 6.39. The van der Waals surface area contributed by atoms with Crippen molar-refractivity contribution in [3.05, 3.63) is 100 Å². The van der Waals surface area contributed by atoms with Crippen LogP contribution in [-0.2, 0) is 9.59 Å². The number of hydrogen-bond acceptors (Lipinski definition) is 6. The van der Waals surface area contributed by atoms with E-state index in [1.54, 1.807) is 42.5 Å². The number of carbonyl (C=O) groups is 3. The molecule has 4 rings (SSSR count). The van der Waals surface area contributed by atoms with Crippen molar-refractivity contribution in [3.63, 3.8) is 0 Å². The number of esters is 1. The van der Waals surface area contributed by atoms with Crippen LogP contribution < -0.4 is 20.2 Å². The van der Waals surface area contributed by atoms with E-state index in [0.29, 0.717) is 27.4 Å². The molecule has 186 valence electrons. The molecule has 0 radical (unpaired) electrons. The minimum Gasteiger partial charge on any atom is -0.497 e. The van der Waals surface area contributed by atoms with Crippen molar-refractivity contribution in [3.8, 4) is 11.5 Å². The van der Waals surface area contributed by atoms with E-state index < -0.39 is 17.8 Å². The second kappa shape index (κ2) is 11.6. The summed E-state index contributed by atoms with van der Waals surface area (Å²) in [4.78, 5) is 37.4. The maximum atomic E-state index is 12.8. The Labute approximate surface area is 221 Å². The lowest BCUT2D eigenvalue weighted by Gasteiger charge is -2.11. The zero-order valence-corrected chi connectivity index (χ0v) is 20.8. The van der Waals surface area contributed by atoms with Crippen molar-refractivity contribution in [1.82, 2.24) is 5.43 Å². The first kappa shape index (κ1) is 25.7. The van der Waals surface area contributed by atoms with E-state index >= 15 is 0 Å². The number of hydrazone groups is 1. The average molecular weight is 536 g/mol. The Morgan fingerprint density at radius 2 is 1.70 bits per heavy atom. The Hall–Kier alpha value is -4.40. The lowest BCUT2D eigenvalue weighted by atomic mass is 10.0. The SMILES string of the molecule is COc1cccc(NC(=O)C(=O)N/N=C\c2c(OC(=O)c3ccc(Cl)cc3Cl)ccc3ccccc23)c1. The minimum atomic E-state index is -0.995. The molecule has 37 heavy (non-hydrogen) atoms. The van der Waals surface area contributed by atoms with Gasteiger partial charge < -0.3 is 14.8 Å². The van der Waals surface area contributed by atoms with Crippen LogP contribution in [-0.4, -0.2) is 31.1 Å². The Morgan fingerprint density at radius 3 is 2.49 bits per heavy atom. The van der Waals surface area contributed by atoms with Crippen LogP contribution in [0, 0.1) is 0 Å². The molecule has 0 aromatic heterocycles. The maximum Gasteiger partial charge on any atom is 0.345 e. The number of anilines is 1. The lowest BCUT2D eigenvalue weighted by molar-refractivity contribution is -0.136. The number of ether oxygens (including phenoxy) is 2. The van der Waals surface area contributed by atoms with E-state index in [2.05, 4.69) is 15.8 Å². The summed E-state index contributed by atoms with van der Waals surface area (Å²) in [5.74, 6) is -1.92. The van der Waals surface area contributed by atoms with Gasteiger partial charge in [0.15, 0.2) is 0 Å². The van der Waals surface area contributed by atoms with E-state index in [0.717, 1.165) is 5.39 Å². The van der Waals surface area contributed by atoms with Gasteiger partial charge >= 0.3 is 17.8 Å². The number of rotatable bonds is 6. The van der Waals surface area contributed by atoms with Crippen molar-refractivity contribution in [2.24, 2.45) is 5.10 Å². The summed E-state index contributed by atoms with van der Waals surface area (Å²) < 4.78 is 10.7. The van der Waals surface area contributed by atoms with Crippen LogP contribution in [0.5, 0.6) is 11.5 Å². The Morgan fingerprint density at radius 1 is 0.892 bits per heavy atom.